The lowest BCUT2D eigenvalue weighted by Crippen LogP contribution is -2.30. The Morgan fingerprint density at radius 2 is 1.45 bits per heavy atom. The van der Waals surface area contributed by atoms with E-state index in [1.54, 1.807) is 18.2 Å². The van der Waals surface area contributed by atoms with Crippen molar-refractivity contribution in [3.05, 3.63) is 124 Å². The molecule has 6 heteroatoms. The Hall–Kier alpha value is -4.06. The average Bonchev–Trinajstić information content (AvgIpc) is 2.85. The number of hydrogen-bond acceptors (Lipinski definition) is 3. The quantitative estimate of drug-likeness (QED) is 0.430. The molecule has 0 aliphatic rings. The first kappa shape index (κ1) is 22.1. The zero-order valence-corrected chi connectivity index (χ0v) is 18.0. The second-order valence-corrected chi connectivity index (χ2v) is 7.71. The Balaban J connectivity index is 1.41. The summed E-state index contributed by atoms with van der Waals surface area (Å²) in [6, 6.07) is 28.4. The molecule has 3 aromatic carbocycles. The van der Waals surface area contributed by atoms with Crippen molar-refractivity contribution in [1.82, 2.24) is 15.1 Å². The van der Waals surface area contributed by atoms with Crippen LogP contribution in [0.25, 0.3) is 11.3 Å². The van der Waals surface area contributed by atoms with Gasteiger partial charge in [0.2, 0.25) is 5.91 Å². The lowest BCUT2D eigenvalue weighted by molar-refractivity contribution is -0.121. The lowest BCUT2D eigenvalue weighted by atomic mass is 9.98. The van der Waals surface area contributed by atoms with Crippen LogP contribution in [0.3, 0.4) is 0 Å². The SMILES string of the molecule is O=C(CCCn1nc(-c2ccc(F)cc2)ccc1=O)NC(c1ccccc1)c1ccccc1. The van der Waals surface area contributed by atoms with Crippen molar-refractivity contribution in [1.29, 1.82) is 0 Å². The number of hydrogen-bond donors (Lipinski definition) is 1. The molecule has 0 radical (unpaired) electrons. The molecule has 0 saturated heterocycles. The molecule has 0 atom stereocenters. The predicted octanol–water partition coefficient (Wildman–Crippen LogP) is 4.74. The number of nitrogens with one attached hydrogen (secondary N) is 1. The minimum absolute atomic E-state index is 0.101. The van der Waals surface area contributed by atoms with E-state index in [0.717, 1.165) is 16.7 Å². The first-order chi connectivity index (χ1) is 16.1. The Labute approximate surface area is 191 Å². The summed E-state index contributed by atoms with van der Waals surface area (Å²) in [5.41, 5.74) is 3.06. The van der Waals surface area contributed by atoms with Gasteiger partial charge < -0.3 is 5.32 Å². The second-order valence-electron chi connectivity index (χ2n) is 7.71. The highest BCUT2D eigenvalue weighted by Crippen LogP contribution is 2.22. The van der Waals surface area contributed by atoms with E-state index in [1.807, 2.05) is 60.7 Å². The van der Waals surface area contributed by atoms with Gasteiger partial charge in [-0.05, 0) is 47.9 Å². The fraction of sp³-hybridized carbons (Fsp3) is 0.148. The lowest BCUT2D eigenvalue weighted by Gasteiger charge is -2.20. The monoisotopic (exact) mass is 441 g/mol. The van der Waals surface area contributed by atoms with Gasteiger partial charge in [0.1, 0.15) is 5.82 Å². The van der Waals surface area contributed by atoms with Gasteiger partial charge in [-0.2, -0.15) is 5.10 Å². The summed E-state index contributed by atoms with van der Waals surface area (Å²) in [4.78, 5) is 25.0. The molecule has 1 N–H and O–H groups in total. The molecule has 166 valence electrons. The molecule has 0 saturated carbocycles. The smallest absolute Gasteiger partial charge is 0.266 e. The van der Waals surface area contributed by atoms with Crippen LogP contribution in [0.2, 0.25) is 0 Å². The third-order valence-corrected chi connectivity index (χ3v) is 5.35. The molecule has 0 unspecified atom stereocenters. The molecule has 4 aromatic rings. The molecule has 0 bridgehead atoms. The molecule has 4 rings (SSSR count). The number of aromatic nitrogens is 2. The molecule has 0 aliphatic heterocycles. The van der Waals surface area contributed by atoms with Crippen LogP contribution in [-0.4, -0.2) is 15.7 Å². The van der Waals surface area contributed by atoms with E-state index in [-0.39, 0.29) is 29.7 Å². The van der Waals surface area contributed by atoms with Gasteiger partial charge in [-0.3, -0.25) is 9.59 Å². The van der Waals surface area contributed by atoms with Crippen molar-refractivity contribution >= 4 is 5.91 Å². The molecule has 1 aromatic heterocycles. The molecule has 0 aliphatic carbocycles. The van der Waals surface area contributed by atoms with Crippen LogP contribution < -0.4 is 10.9 Å². The van der Waals surface area contributed by atoms with Gasteiger partial charge in [0, 0.05) is 24.6 Å². The Bertz CT molecular complexity index is 1220. The van der Waals surface area contributed by atoms with Crippen LogP contribution in [0, 0.1) is 5.82 Å². The summed E-state index contributed by atoms with van der Waals surface area (Å²) < 4.78 is 14.5. The highest BCUT2D eigenvalue weighted by molar-refractivity contribution is 5.77. The van der Waals surface area contributed by atoms with Gasteiger partial charge >= 0.3 is 0 Å². The van der Waals surface area contributed by atoms with Gasteiger partial charge in [-0.1, -0.05) is 60.7 Å². The standard InChI is InChI=1S/C27H24FN3O2/c28-23-15-13-20(14-16-23)24-17-18-26(33)31(30-24)19-7-12-25(32)29-27(21-8-3-1-4-9-21)22-10-5-2-6-11-22/h1-6,8-11,13-18,27H,7,12,19H2,(H,29,32). The zero-order chi connectivity index (χ0) is 23.0. The maximum absolute atomic E-state index is 13.2. The summed E-state index contributed by atoms with van der Waals surface area (Å²) in [5.74, 6) is -0.433. The molecule has 0 spiro atoms. The van der Waals surface area contributed by atoms with Crippen LogP contribution in [0.4, 0.5) is 4.39 Å². The number of rotatable bonds is 8. The number of benzene rings is 3. The summed E-state index contributed by atoms with van der Waals surface area (Å²) in [5, 5.41) is 7.49. The minimum atomic E-state index is -0.331. The van der Waals surface area contributed by atoms with Gasteiger partial charge in [0.25, 0.3) is 5.56 Å². The van der Waals surface area contributed by atoms with Crippen LogP contribution >= 0.6 is 0 Å². The average molecular weight is 442 g/mol. The largest absolute Gasteiger partial charge is 0.345 e. The van der Waals surface area contributed by atoms with Crippen molar-refractivity contribution in [2.24, 2.45) is 0 Å². The summed E-state index contributed by atoms with van der Waals surface area (Å²) >= 11 is 0. The van der Waals surface area contributed by atoms with Gasteiger partial charge in [0.15, 0.2) is 0 Å². The molecular weight excluding hydrogens is 417 g/mol. The van der Waals surface area contributed by atoms with E-state index in [0.29, 0.717) is 18.7 Å². The van der Waals surface area contributed by atoms with Crippen molar-refractivity contribution in [3.63, 3.8) is 0 Å². The topological polar surface area (TPSA) is 64.0 Å². The highest BCUT2D eigenvalue weighted by Gasteiger charge is 2.16. The zero-order valence-electron chi connectivity index (χ0n) is 18.0. The third kappa shape index (κ3) is 5.80. The number of halogens is 1. The van der Waals surface area contributed by atoms with Crippen molar-refractivity contribution < 1.29 is 9.18 Å². The molecule has 1 heterocycles. The molecular formula is C27H24FN3O2. The van der Waals surface area contributed by atoms with E-state index in [1.165, 1.54) is 22.9 Å². The maximum Gasteiger partial charge on any atom is 0.266 e. The predicted molar refractivity (Wildman–Crippen MR) is 126 cm³/mol. The fourth-order valence-corrected chi connectivity index (χ4v) is 3.66. The van der Waals surface area contributed by atoms with E-state index >= 15 is 0 Å². The number of carbonyl (C=O) groups excluding carboxylic acids is 1. The first-order valence-electron chi connectivity index (χ1n) is 10.8. The number of amides is 1. The van der Waals surface area contributed by atoms with Gasteiger partial charge in [-0.15, -0.1) is 0 Å². The molecule has 33 heavy (non-hydrogen) atoms. The summed E-state index contributed by atoms with van der Waals surface area (Å²) in [7, 11) is 0. The van der Waals surface area contributed by atoms with Crippen molar-refractivity contribution in [2.45, 2.75) is 25.4 Å². The fourth-order valence-electron chi connectivity index (χ4n) is 3.66. The highest BCUT2D eigenvalue weighted by atomic mass is 19.1. The molecule has 0 fully saturated rings. The van der Waals surface area contributed by atoms with Crippen LogP contribution in [0.15, 0.2) is 102 Å². The first-order valence-corrected chi connectivity index (χ1v) is 10.8. The Kier molecular flexibility index (Phi) is 7.05. The normalized spacial score (nSPS) is 10.8. The molecule has 1 amide bonds. The summed E-state index contributed by atoms with van der Waals surface area (Å²) in [6.07, 6.45) is 0.715. The van der Waals surface area contributed by atoms with Crippen LogP contribution in [-0.2, 0) is 11.3 Å². The van der Waals surface area contributed by atoms with E-state index < -0.39 is 0 Å². The van der Waals surface area contributed by atoms with Crippen molar-refractivity contribution in [3.8, 4) is 11.3 Å². The second kappa shape index (κ2) is 10.5. The van der Waals surface area contributed by atoms with E-state index in [9.17, 15) is 14.0 Å². The summed E-state index contributed by atoms with van der Waals surface area (Å²) in [6.45, 7) is 0.308. The number of carbonyl (C=O) groups is 1. The third-order valence-electron chi connectivity index (χ3n) is 5.35. The van der Waals surface area contributed by atoms with Crippen molar-refractivity contribution in [2.75, 3.05) is 0 Å². The van der Waals surface area contributed by atoms with E-state index in [2.05, 4.69) is 10.4 Å². The van der Waals surface area contributed by atoms with Gasteiger partial charge in [-0.25, -0.2) is 9.07 Å². The van der Waals surface area contributed by atoms with Gasteiger partial charge in [0.05, 0.1) is 11.7 Å². The Morgan fingerprint density at radius 1 is 0.848 bits per heavy atom. The maximum atomic E-state index is 13.2. The van der Waals surface area contributed by atoms with Crippen LogP contribution in [0.5, 0.6) is 0 Å². The Morgan fingerprint density at radius 3 is 2.06 bits per heavy atom. The number of nitrogens with zero attached hydrogens (tertiary/aromatic N) is 2. The number of aryl methyl sites for hydroxylation is 1. The molecule has 5 nitrogen and oxygen atoms in total. The van der Waals surface area contributed by atoms with Crippen LogP contribution in [0.1, 0.15) is 30.0 Å². The van der Waals surface area contributed by atoms with E-state index in [4.69, 9.17) is 0 Å². The minimum Gasteiger partial charge on any atom is -0.345 e.